The van der Waals surface area contributed by atoms with Gasteiger partial charge in [-0.1, -0.05) is 23.5 Å². The van der Waals surface area contributed by atoms with Crippen LogP contribution < -0.4 is 15.4 Å². The van der Waals surface area contributed by atoms with Gasteiger partial charge >= 0.3 is 6.18 Å². The predicted molar refractivity (Wildman–Crippen MR) is 206 cm³/mol. The van der Waals surface area contributed by atoms with Crippen LogP contribution in [0.1, 0.15) is 46.6 Å². The molecule has 2 aromatic carbocycles. The Hall–Kier alpha value is -5.35. The summed E-state index contributed by atoms with van der Waals surface area (Å²) in [5.74, 6) is -8.91. The number of aryl methyl sites for hydroxylation is 1. The van der Waals surface area contributed by atoms with Crippen LogP contribution in [0.25, 0.3) is 32.4 Å². The number of nitrogens with one attached hydrogen (secondary N) is 3. The molecule has 0 spiro atoms. The third-order valence-electron chi connectivity index (χ3n) is 10.2. The minimum atomic E-state index is -5.06. The molecule has 0 aliphatic heterocycles. The van der Waals surface area contributed by atoms with Gasteiger partial charge in [0.05, 0.1) is 28.2 Å². The number of halogens is 7. The topological polar surface area (TPSA) is 152 Å². The van der Waals surface area contributed by atoms with Crippen LogP contribution >= 0.6 is 11.3 Å². The van der Waals surface area contributed by atoms with Crippen molar-refractivity contribution in [2.75, 3.05) is 43.5 Å². The first-order valence-electron chi connectivity index (χ1n) is 18.1. The van der Waals surface area contributed by atoms with E-state index in [2.05, 4.69) is 30.5 Å². The molecule has 8 rings (SSSR count). The second-order valence-electron chi connectivity index (χ2n) is 15.0. The standard InChI is InChI=1S/C37H35F7N10O3S2/c1-52(2)9-8-45-35-48-34-26(58-35)15-22(20-6-5-7-21-30(20)53(3)50-33(21)51-59(4,56)57)29(47-34)25(12-17-10-18(38)13-19(39)11-17)46-27(55)16-54-32-28(31(49-54)37(42,43)44)23-14-24(23)36(32,40)41/h5-7,10-11,13,15,23-25H,8-9,12,14,16H2,1-4H3,(H,46,55)(H,50,51)(H,45,47,48)/t23-,24?,25-/m0/s1. The van der Waals surface area contributed by atoms with Gasteiger partial charge in [-0.05, 0) is 62.7 Å². The first-order valence-corrected chi connectivity index (χ1v) is 20.8. The fourth-order valence-electron chi connectivity index (χ4n) is 7.78. The van der Waals surface area contributed by atoms with E-state index in [0.717, 1.165) is 18.4 Å². The van der Waals surface area contributed by atoms with Gasteiger partial charge in [0.1, 0.15) is 23.9 Å². The van der Waals surface area contributed by atoms with E-state index in [0.29, 0.717) is 55.7 Å². The normalized spacial score (nSPS) is 17.7. The first-order chi connectivity index (χ1) is 27.7. The van der Waals surface area contributed by atoms with E-state index in [1.165, 1.54) is 16.0 Å². The Kier molecular flexibility index (Phi) is 9.89. The van der Waals surface area contributed by atoms with Crippen molar-refractivity contribution in [3.8, 4) is 11.1 Å². The smallest absolute Gasteiger partial charge is 0.360 e. The molecular weight excluding hydrogens is 830 g/mol. The maximum Gasteiger partial charge on any atom is 0.435 e. The van der Waals surface area contributed by atoms with Crippen LogP contribution in [0.2, 0.25) is 0 Å². The average molecular weight is 865 g/mol. The van der Waals surface area contributed by atoms with Gasteiger partial charge in [0.15, 0.2) is 22.3 Å². The lowest BCUT2D eigenvalue weighted by molar-refractivity contribution is -0.142. The summed E-state index contributed by atoms with van der Waals surface area (Å²) in [6.45, 7) is 0.143. The molecule has 1 amide bonds. The van der Waals surface area contributed by atoms with Gasteiger partial charge < -0.3 is 15.5 Å². The number of carbonyl (C=O) groups excluding carboxylic acids is 1. The summed E-state index contributed by atoms with van der Waals surface area (Å²) in [6, 6.07) is 8.10. The Bertz CT molecular complexity index is 2750. The molecule has 2 aliphatic rings. The minimum absolute atomic E-state index is 0.0205. The fourth-order valence-corrected chi connectivity index (χ4v) is 9.15. The van der Waals surface area contributed by atoms with E-state index in [4.69, 9.17) is 4.98 Å². The molecule has 3 atom stereocenters. The van der Waals surface area contributed by atoms with Crippen molar-refractivity contribution < 1.29 is 43.9 Å². The molecule has 6 aromatic rings. The number of amides is 1. The van der Waals surface area contributed by atoms with Crippen molar-refractivity contribution in [1.82, 2.24) is 39.7 Å². The molecule has 0 saturated heterocycles. The highest BCUT2D eigenvalue weighted by molar-refractivity contribution is 7.92. The molecule has 0 radical (unpaired) electrons. The molecular formula is C37H35F7N10O3S2. The lowest BCUT2D eigenvalue weighted by Gasteiger charge is -2.23. The highest BCUT2D eigenvalue weighted by Gasteiger charge is 2.68. The quantitative estimate of drug-likeness (QED) is 0.112. The van der Waals surface area contributed by atoms with E-state index in [1.54, 1.807) is 31.3 Å². The zero-order valence-corrected chi connectivity index (χ0v) is 33.3. The number of fused-ring (bicyclic) bond motifs is 5. The molecule has 4 heterocycles. The Balaban J connectivity index is 1.27. The van der Waals surface area contributed by atoms with Crippen molar-refractivity contribution in [2.45, 2.75) is 43.4 Å². The molecule has 3 N–H and O–H groups in total. The van der Waals surface area contributed by atoms with Gasteiger partial charge in [0.25, 0.3) is 5.92 Å². The maximum atomic E-state index is 15.4. The number of para-hydroxylation sites is 1. The molecule has 1 fully saturated rings. The van der Waals surface area contributed by atoms with Crippen LogP contribution in [0.5, 0.6) is 0 Å². The highest BCUT2D eigenvalue weighted by Crippen LogP contribution is 2.68. The number of anilines is 2. The number of carbonyl (C=O) groups is 1. The van der Waals surface area contributed by atoms with Crippen molar-refractivity contribution in [3.05, 3.63) is 82.3 Å². The van der Waals surface area contributed by atoms with E-state index in [-0.39, 0.29) is 35.6 Å². The zero-order valence-electron chi connectivity index (χ0n) is 31.6. The SMILES string of the molecule is CN(C)CCNc1nc2nc([C@H](Cc3cc(F)cc(F)c3)NC(=O)Cn3nc(C(F)(F)F)c4c3C(F)(F)C3C[C@H]43)c(-c3cccc4c(NS(C)(=O)=O)nn(C)c34)cc2s1. The van der Waals surface area contributed by atoms with Crippen molar-refractivity contribution in [2.24, 2.45) is 13.0 Å². The van der Waals surface area contributed by atoms with Crippen LogP contribution in [0.4, 0.5) is 41.7 Å². The number of pyridine rings is 1. The summed E-state index contributed by atoms with van der Waals surface area (Å²) in [5, 5.41) is 14.7. The Morgan fingerprint density at radius 1 is 1.07 bits per heavy atom. The van der Waals surface area contributed by atoms with E-state index >= 15 is 8.78 Å². The monoisotopic (exact) mass is 864 g/mol. The maximum absolute atomic E-state index is 15.4. The van der Waals surface area contributed by atoms with Gasteiger partial charge in [0, 0.05) is 54.2 Å². The number of hydrogen-bond acceptors (Lipinski definition) is 10. The number of alkyl halides is 5. The van der Waals surface area contributed by atoms with Crippen molar-refractivity contribution in [3.63, 3.8) is 0 Å². The number of aromatic nitrogens is 6. The fraction of sp³-hybridized carbons (Fsp3) is 0.378. The Morgan fingerprint density at radius 2 is 1.80 bits per heavy atom. The molecule has 13 nitrogen and oxygen atoms in total. The number of sulfonamides is 1. The summed E-state index contributed by atoms with van der Waals surface area (Å²) in [7, 11) is 1.61. The molecule has 0 bridgehead atoms. The summed E-state index contributed by atoms with van der Waals surface area (Å²) < 4.78 is 132. The Labute approximate surface area is 335 Å². The van der Waals surface area contributed by atoms with Gasteiger partial charge in [-0.2, -0.15) is 32.1 Å². The number of thiazole rings is 1. The van der Waals surface area contributed by atoms with Gasteiger partial charge in [-0.25, -0.2) is 27.2 Å². The van der Waals surface area contributed by atoms with E-state index in [9.17, 15) is 35.2 Å². The first kappa shape index (κ1) is 40.4. The Morgan fingerprint density at radius 3 is 2.47 bits per heavy atom. The van der Waals surface area contributed by atoms with Crippen LogP contribution in [-0.4, -0.2) is 82.2 Å². The summed E-state index contributed by atoms with van der Waals surface area (Å²) >= 11 is 1.27. The van der Waals surface area contributed by atoms with Crippen LogP contribution in [0.15, 0.2) is 42.5 Å². The van der Waals surface area contributed by atoms with Crippen molar-refractivity contribution in [1.29, 1.82) is 0 Å². The molecule has 4 aromatic heterocycles. The third-order valence-corrected chi connectivity index (χ3v) is 11.7. The second kappa shape index (κ2) is 14.4. The lowest BCUT2D eigenvalue weighted by Crippen LogP contribution is -2.35. The van der Waals surface area contributed by atoms with Gasteiger partial charge in [0.2, 0.25) is 15.9 Å². The summed E-state index contributed by atoms with van der Waals surface area (Å²) in [6.07, 6.45) is -4.57. The van der Waals surface area contributed by atoms with Crippen LogP contribution in [0, 0.1) is 17.6 Å². The molecule has 1 saturated carbocycles. The van der Waals surface area contributed by atoms with Gasteiger partial charge in [-0.3, -0.25) is 18.9 Å². The highest BCUT2D eigenvalue weighted by atomic mass is 32.2. The number of hydrogen-bond donors (Lipinski definition) is 3. The number of likely N-dealkylation sites (N-methyl/N-ethyl adjacent to an activating group) is 1. The number of rotatable bonds is 13. The molecule has 1 unspecified atom stereocenters. The summed E-state index contributed by atoms with van der Waals surface area (Å²) in [4.78, 5) is 25.5. The van der Waals surface area contributed by atoms with Crippen molar-refractivity contribution >= 4 is 59.5 Å². The second-order valence-corrected chi connectivity index (χ2v) is 17.8. The van der Waals surface area contributed by atoms with Crippen LogP contribution in [-0.2, 0) is 46.9 Å². The minimum Gasteiger partial charge on any atom is -0.360 e. The summed E-state index contributed by atoms with van der Waals surface area (Å²) in [5.41, 5.74) is -1.52. The third kappa shape index (κ3) is 7.79. The van der Waals surface area contributed by atoms with E-state index in [1.807, 2.05) is 19.0 Å². The lowest BCUT2D eigenvalue weighted by atomic mass is 9.94. The predicted octanol–water partition coefficient (Wildman–Crippen LogP) is 6.39. The zero-order chi connectivity index (χ0) is 42.3. The van der Waals surface area contributed by atoms with Crippen LogP contribution in [0.3, 0.4) is 0 Å². The molecule has 59 heavy (non-hydrogen) atoms. The number of nitrogens with zero attached hydrogens (tertiary/aromatic N) is 7. The average Bonchev–Trinajstić information content (AvgIpc) is 3.40. The number of benzene rings is 2. The van der Waals surface area contributed by atoms with E-state index < -0.39 is 81.0 Å². The largest absolute Gasteiger partial charge is 0.435 e. The molecule has 312 valence electrons. The molecule has 22 heteroatoms. The van der Waals surface area contributed by atoms with Gasteiger partial charge in [-0.15, -0.1) is 0 Å². The molecule has 2 aliphatic carbocycles.